The molecule has 0 bridgehead atoms. The predicted molar refractivity (Wildman–Crippen MR) is 91.9 cm³/mol. The van der Waals surface area contributed by atoms with Gasteiger partial charge in [-0.25, -0.2) is 0 Å². The number of benzene rings is 2. The molecular formula is C21H16N2. The van der Waals surface area contributed by atoms with E-state index in [-0.39, 0.29) is 6.04 Å². The Morgan fingerprint density at radius 1 is 0.957 bits per heavy atom. The smallest absolute Gasteiger partial charge is 0.109 e. The lowest BCUT2D eigenvalue weighted by Crippen LogP contribution is -2.29. The minimum atomic E-state index is -0.0347. The van der Waals surface area contributed by atoms with Crippen LogP contribution in [0.15, 0.2) is 84.6 Å². The molecule has 23 heavy (non-hydrogen) atoms. The largest absolute Gasteiger partial charge is 0.355 e. The van der Waals surface area contributed by atoms with Crippen molar-refractivity contribution in [2.75, 3.05) is 0 Å². The van der Waals surface area contributed by atoms with Crippen molar-refractivity contribution in [3.63, 3.8) is 0 Å². The predicted octanol–water partition coefficient (Wildman–Crippen LogP) is 3.89. The van der Waals surface area contributed by atoms with Gasteiger partial charge in [-0.2, -0.15) is 5.26 Å². The summed E-state index contributed by atoms with van der Waals surface area (Å²) in [5.74, 6) is 6.50. The van der Waals surface area contributed by atoms with E-state index in [1.165, 1.54) is 5.56 Å². The Morgan fingerprint density at radius 3 is 2.35 bits per heavy atom. The van der Waals surface area contributed by atoms with E-state index in [0.717, 1.165) is 12.1 Å². The lowest BCUT2D eigenvalue weighted by atomic mass is 10.1. The van der Waals surface area contributed by atoms with Gasteiger partial charge in [0.2, 0.25) is 0 Å². The zero-order valence-electron chi connectivity index (χ0n) is 12.7. The summed E-state index contributed by atoms with van der Waals surface area (Å²) in [4.78, 5) is 2.10. The van der Waals surface area contributed by atoms with Gasteiger partial charge in [-0.1, -0.05) is 60.4 Å². The fraction of sp³-hybridized carbons (Fsp3) is 0.0952. The molecule has 2 aromatic carbocycles. The highest BCUT2D eigenvalue weighted by atomic mass is 15.1. The first kappa shape index (κ1) is 14.7. The zero-order chi connectivity index (χ0) is 15.9. The third kappa shape index (κ3) is 3.90. The van der Waals surface area contributed by atoms with Gasteiger partial charge in [0.1, 0.15) is 12.1 Å². The first-order chi connectivity index (χ1) is 11.3. The van der Waals surface area contributed by atoms with Crippen molar-refractivity contribution in [2.24, 2.45) is 0 Å². The van der Waals surface area contributed by atoms with E-state index < -0.39 is 0 Å². The minimum absolute atomic E-state index is 0.0347. The third-order valence-electron chi connectivity index (χ3n) is 3.60. The summed E-state index contributed by atoms with van der Waals surface area (Å²) >= 11 is 0. The highest BCUT2D eigenvalue weighted by Gasteiger charge is 2.15. The van der Waals surface area contributed by atoms with Crippen molar-refractivity contribution in [1.82, 2.24) is 4.90 Å². The first-order valence-corrected chi connectivity index (χ1v) is 7.51. The van der Waals surface area contributed by atoms with Crippen molar-refractivity contribution in [2.45, 2.75) is 12.6 Å². The lowest BCUT2D eigenvalue weighted by Gasteiger charge is -2.27. The number of hydrogen-bond acceptors (Lipinski definition) is 2. The van der Waals surface area contributed by atoms with Crippen LogP contribution in [0.1, 0.15) is 11.1 Å². The van der Waals surface area contributed by atoms with Gasteiger partial charge in [-0.3, -0.25) is 0 Å². The van der Waals surface area contributed by atoms with Gasteiger partial charge < -0.3 is 4.90 Å². The molecule has 0 saturated carbocycles. The van der Waals surface area contributed by atoms with Gasteiger partial charge >= 0.3 is 0 Å². The maximum absolute atomic E-state index is 9.14. The average Bonchev–Trinajstić information content (AvgIpc) is 2.62. The van der Waals surface area contributed by atoms with Gasteiger partial charge in [-0.05, 0) is 29.8 Å². The van der Waals surface area contributed by atoms with Crippen molar-refractivity contribution in [3.8, 4) is 17.9 Å². The molecule has 0 radical (unpaired) electrons. The van der Waals surface area contributed by atoms with E-state index in [1.54, 1.807) is 0 Å². The van der Waals surface area contributed by atoms with Gasteiger partial charge in [0.05, 0.1) is 5.57 Å². The SMILES string of the molecule is N#CC1=CN(Cc2ccccc2)[C@H](C#Cc2ccccc2)C=C1. The molecule has 1 aliphatic rings. The second kappa shape index (κ2) is 7.16. The fourth-order valence-electron chi connectivity index (χ4n) is 2.42. The van der Waals surface area contributed by atoms with Gasteiger partial charge in [0.25, 0.3) is 0 Å². The van der Waals surface area contributed by atoms with Crippen LogP contribution in [-0.4, -0.2) is 10.9 Å². The number of nitriles is 1. The number of rotatable bonds is 2. The fourth-order valence-corrected chi connectivity index (χ4v) is 2.42. The zero-order valence-corrected chi connectivity index (χ0v) is 12.7. The van der Waals surface area contributed by atoms with Gasteiger partial charge in [-0.15, -0.1) is 0 Å². The Labute approximate surface area is 137 Å². The molecule has 2 heteroatoms. The minimum Gasteiger partial charge on any atom is -0.355 e. The lowest BCUT2D eigenvalue weighted by molar-refractivity contribution is 0.355. The molecule has 1 heterocycles. The highest BCUT2D eigenvalue weighted by Crippen LogP contribution is 2.16. The Morgan fingerprint density at radius 2 is 1.65 bits per heavy atom. The summed E-state index contributed by atoms with van der Waals surface area (Å²) in [7, 11) is 0. The topological polar surface area (TPSA) is 27.0 Å². The first-order valence-electron chi connectivity index (χ1n) is 7.51. The van der Waals surface area contributed by atoms with Crippen LogP contribution in [0.5, 0.6) is 0 Å². The summed E-state index contributed by atoms with van der Waals surface area (Å²) in [5.41, 5.74) is 2.84. The Kier molecular flexibility index (Phi) is 4.58. The van der Waals surface area contributed by atoms with Crippen LogP contribution in [0.2, 0.25) is 0 Å². The maximum Gasteiger partial charge on any atom is 0.109 e. The van der Waals surface area contributed by atoms with E-state index in [1.807, 2.05) is 66.9 Å². The molecule has 0 fully saturated rings. The quantitative estimate of drug-likeness (QED) is 0.786. The van der Waals surface area contributed by atoms with Crippen LogP contribution < -0.4 is 0 Å². The normalized spacial score (nSPS) is 16.0. The van der Waals surface area contributed by atoms with E-state index in [4.69, 9.17) is 5.26 Å². The Balaban J connectivity index is 1.83. The number of nitrogens with zero attached hydrogens (tertiary/aromatic N) is 2. The van der Waals surface area contributed by atoms with E-state index in [0.29, 0.717) is 5.57 Å². The van der Waals surface area contributed by atoms with Crippen molar-refractivity contribution in [3.05, 3.63) is 95.7 Å². The molecule has 0 spiro atoms. The summed E-state index contributed by atoms with van der Waals surface area (Å²) in [6, 6.07) is 22.3. The monoisotopic (exact) mass is 296 g/mol. The molecule has 3 rings (SSSR count). The molecule has 1 aliphatic heterocycles. The summed E-state index contributed by atoms with van der Waals surface area (Å²) in [5, 5.41) is 9.14. The van der Waals surface area contributed by atoms with Crippen molar-refractivity contribution >= 4 is 0 Å². The molecule has 0 unspecified atom stereocenters. The third-order valence-corrected chi connectivity index (χ3v) is 3.60. The van der Waals surface area contributed by atoms with E-state index >= 15 is 0 Å². The standard InChI is InChI=1S/C21H16N2/c22-15-20-12-14-21(13-11-18-7-3-1-4-8-18)23(17-20)16-19-9-5-2-6-10-19/h1-10,12,14,17,21H,16H2/t21-/m1/s1. The second-order valence-electron chi connectivity index (χ2n) is 5.29. The number of hydrogen-bond donors (Lipinski definition) is 0. The molecule has 0 aliphatic carbocycles. The van der Waals surface area contributed by atoms with Gasteiger partial charge in [0.15, 0.2) is 0 Å². The number of allylic oxidation sites excluding steroid dienone is 2. The van der Waals surface area contributed by atoms with Crippen molar-refractivity contribution in [1.29, 1.82) is 5.26 Å². The molecule has 2 aromatic rings. The summed E-state index contributed by atoms with van der Waals surface area (Å²) in [6.07, 6.45) is 5.71. The highest BCUT2D eigenvalue weighted by molar-refractivity contribution is 5.41. The molecule has 0 aromatic heterocycles. The molecule has 2 nitrogen and oxygen atoms in total. The molecule has 0 N–H and O–H groups in total. The van der Waals surface area contributed by atoms with Crippen LogP contribution >= 0.6 is 0 Å². The Bertz CT molecular complexity index is 815. The van der Waals surface area contributed by atoms with Gasteiger partial charge in [0, 0.05) is 18.3 Å². The van der Waals surface area contributed by atoms with Crippen LogP contribution in [0.4, 0.5) is 0 Å². The molecule has 0 amide bonds. The van der Waals surface area contributed by atoms with E-state index in [9.17, 15) is 0 Å². The summed E-state index contributed by atoms with van der Waals surface area (Å²) < 4.78 is 0. The molecule has 110 valence electrons. The average molecular weight is 296 g/mol. The second-order valence-corrected chi connectivity index (χ2v) is 5.29. The van der Waals surface area contributed by atoms with E-state index in [2.05, 4.69) is 34.9 Å². The summed E-state index contributed by atoms with van der Waals surface area (Å²) in [6.45, 7) is 0.727. The van der Waals surface area contributed by atoms with Crippen LogP contribution in [-0.2, 0) is 6.54 Å². The molecule has 1 atom stereocenters. The van der Waals surface area contributed by atoms with Crippen LogP contribution in [0, 0.1) is 23.2 Å². The molecule has 0 saturated heterocycles. The van der Waals surface area contributed by atoms with Crippen LogP contribution in [0.3, 0.4) is 0 Å². The van der Waals surface area contributed by atoms with Crippen molar-refractivity contribution < 1.29 is 0 Å². The molecular weight excluding hydrogens is 280 g/mol. The maximum atomic E-state index is 9.14. The van der Waals surface area contributed by atoms with Crippen LogP contribution in [0.25, 0.3) is 0 Å². The Hall–Kier alpha value is -3.23.